The smallest absolute Gasteiger partial charge is 0.0142 e. The van der Waals surface area contributed by atoms with Crippen molar-refractivity contribution in [2.75, 3.05) is 6.54 Å². The van der Waals surface area contributed by atoms with Crippen LogP contribution in [0.4, 0.5) is 0 Å². The molecule has 2 N–H and O–H groups in total. The van der Waals surface area contributed by atoms with Crippen molar-refractivity contribution in [3.8, 4) is 0 Å². The van der Waals surface area contributed by atoms with Gasteiger partial charge in [0.2, 0.25) is 0 Å². The maximum atomic E-state index is 6.10. The first-order valence-electron chi connectivity index (χ1n) is 15.6. The van der Waals surface area contributed by atoms with E-state index < -0.39 is 0 Å². The minimum absolute atomic E-state index is 0.709. The molecule has 5 aliphatic rings. The molecule has 35 heavy (non-hydrogen) atoms. The first-order valence-corrected chi connectivity index (χ1v) is 15.6. The quantitative estimate of drug-likeness (QED) is 0.301. The molecule has 0 amide bonds. The van der Waals surface area contributed by atoms with Crippen LogP contribution in [0.2, 0.25) is 0 Å². The lowest BCUT2D eigenvalue weighted by atomic mass is 9.51. The first kappa shape index (κ1) is 25.6. The molecule has 3 saturated carbocycles. The molecule has 1 nitrogen and oxygen atoms in total. The van der Waals surface area contributed by atoms with Gasteiger partial charge in [0.15, 0.2) is 0 Å². The standard InChI is InChI=1S/C34H53N/c1-3-10-28(23-35)25-17-19-27(20-18-25)30-21-22-32(33-16-9-11-24(2)34(30)33)31-15-8-7-14-29(31)26-12-5-4-6-13-26/h3,5,10,12,15,24-27,29-30,32-34H,1,4,6-9,11,13-14,16-23,35H2,2H3/b28-10+. The van der Waals surface area contributed by atoms with Crippen molar-refractivity contribution < 1.29 is 0 Å². The molecule has 1 heteroatoms. The maximum absolute atomic E-state index is 6.10. The average Bonchev–Trinajstić information content (AvgIpc) is 2.92. The van der Waals surface area contributed by atoms with Crippen LogP contribution >= 0.6 is 0 Å². The SMILES string of the molecule is C=C/C=C(\CN)C1CCC(C2CCC(C3=CCCCC3C3C=CCCC3)C3CCCC(C)C23)CC1. The van der Waals surface area contributed by atoms with Gasteiger partial charge in [0.05, 0.1) is 0 Å². The third-order valence-electron chi connectivity index (χ3n) is 11.4. The topological polar surface area (TPSA) is 26.0 Å². The van der Waals surface area contributed by atoms with E-state index in [2.05, 4.69) is 37.8 Å². The van der Waals surface area contributed by atoms with Gasteiger partial charge in [-0.3, -0.25) is 0 Å². The number of rotatable bonds is 6. The highest BCUT2D eigenvalue weighted by Crippen LogP contribution is 2.57. The van der Waals surface area contributed by atoms with Gasteiger partial charge in [-0.05, 0) is 137 Å². The molecular weight excluding hydrogens is 422 g/mol. The Labute approximate surface area is 216 Å². The van der Waals surface area contributed by atoms with E-state index >= 15 is 0 Å². The highest BCUT2D eigenvalue weighted by molar-refractivity contribution is 5.21. The Morgan fingerprint density at radius 3 is 2.46 bits per heavy atom. The molecule has 0 saturated heterocycles. The minimum Gasteiger partial charge on any atom is -0.327 e. The third-order valence-corrected chi connectivity index (χ3v) is 11.4. The Morgan fingerprint density at radius 1 is 0.886 bits per heavy atom. The molecule has 0 bridgehead atoms. The molecule has 7 unspecified atom stereocenters. The van der Waals surface area contributed by atoms with Crippen LogP contribution in [-0.4, -0.2) is 6.54 Å². The van der Waals surface area contributed by atoms with Crippen molar-refractivity contribution in [1.82, 2.24) is 0 Å². The molecule has 0 radical (unpaired) electrons. The van der Waals surface area contributed by atoms with E-state index in [1.165, 1.54) is 102 Å². The molecule has 0 aromatic carbocycles. The zero-order valence-electron chi connectivity index (χ0n) is 22.7. The molecule has 3 fully saturated rings. The van der Waals surface area contributed by atoms with E-state index in [1.807, 2.05) is 11.6 Å². The van der Waals surface area contributed by atoms with E-state index in [0.717, 1.165) is 47.3 Å². The molecule has 0 aliphatic heterocycles. The molecule has 5 aliphatic carbocycles. The number of allylic oxidation sites excluding steroid dienone is 6. The van der Waals surface area contributed by atoms with Gasteiger partial charge >= 0.3 is 0 Å². The lowest BCUT2D eigenvalue weighted by molar-refractivity contribution is -0.0166. The summed E-state index contributed by atoms with van der Waals surface area (Å²) in [6.45, 7) is 7.27. The van der Waals surface area contributed by atoms with E-state index in [0.29, 0.717) is 12.5 Å². The Morgan fingerprint density at radius 2 is 1.71 bits per heavy atom. The van der Waals surface area contributed by atoms with Crippen molar-refractivity contribution in [3.63, 3.8) is 0 Å². The zero-order chi connectivity index (χ0) is 24.2. The molecular formula is C34H53N. The molecule has 7 atom stereocenters. The van der Waals surface area contributed by atoms with Crippen LogP contribution in [0, 0.1) is 53.3 Å². The highest BCUT2D eigenvalue weighted by Gasteiger charge is 2.48. The average molecular weight is 476 g/mol. The van der Waals surface area contributed by atoms with Crippen molar-refractivity contribution in [3.05, 3.63) is 48.1 Å². The Hall–Kier alpha value is -1.08. The summed E-state index contributed by atoms with van der Waals surface area (Å²) >= 11 is 0. The summed E-state index contributed by atoms with van der Waals surface area (Å²) in [5.74, 6) is 8.12. The third kappa shape index (κ3) is 5.46. The van der Waals surface area contributed by atoms with Crippen LogP contribution in [0.15, 0.2) is 48.1 Å². The van der Waals surface area contributed by atoms with Crippen molar-refractivity contribution >= 4 is 0 Å². The van der Waals surface area contributed by atoms with E-state index in [-0.39, 0.29) is 0 Å². The lowest BCUT2D eigenvalue weighted by Gasteiger charge is -2.54. The second-order valence-electron chi connectivity index (χ2n) is 13.1. The first-order chi connectivity index (χ1) is 17.2. The number of fused-ring (bicyclic) bond motifs is 1. The Kier molecular flexibility index (Phi) is 8.75. The van der Waals surface area contributed by atoms with Gasteiger partial charge in [-0.15, -0.1) is 0 Å². The summed E-state index contributed by atoms with van der Waals surface area (Å²) in [6.07, 6.45) is 33.5. The Bertz CT molecular complexity index is 793. The normalized spacial score (nSPS) is 42.7. The monoisotopic (exact) mass is 475 g/mol. The van der Waals surface area contributed by atoms with Crippen LogP contribution < -0.4 is 5.73 Å². The second-order valence-corrected chi connectivity index (χ2v) is 13.1. The fourth-order valence-electron chi connectivity index (χ4n) is 9.86. The van der Waals surface area contributed by atoms with E-state index in [9.17, 15) is 0 Å². The van der Waals surface area contributed by atoms with Crippen LogP contribution in [0.25, 0.3) is 0 Å². The number of nitrogens with two attached hydrogens (primary N) is 1. The molecule has 0 heterocycles. The Balaban J connectivity index is 1.31. The predicted octanol–water partition coefficient (Wildman–Crippen LogP) is 9.03. The maximum Gasteiger partial charge on any atom is 0.0142 e. The summed E-state index contributed by atoms with van der Waals surface area (Å²) in [7, 11) is 0. The molecule has 0 aromatic heterocycles. The van der Waals surface area contributed by atoms with Crippen LogP contribution in [-0.2, 0) is 0 Å². The van der Waals surface area contributed by atoms with Crippen molar-refractivity contribution in [2.24, 2.45) is 59.0 Å². The van der Waals surface area contributed by atoms with Gasteiger partial charge in [-0.1, -0.05) is 67.9 Å². The summed E-state index contributed by atoms with van der Waals surface area (Å²) < 4.78 is 0. The van der Waals surface area contributed by atoms with Crippen molar-refractivity contribution in [2.45, 2.75) is 103 Å². The summed E-state index contributed by atoms with van der Waals surface area (Å²) in [6, 6.07) is 0. The van der Waals surface area contributed by atoms with Gasteiger partial charge in [0, 0.05) is 6.54 Å². The molecule has 0 spiro atoms. The summed E-state index contributed by atoms with van der Waals surface area (Å²) in [4.78, 5) is 0. The summed E-state index contributed by atoms with van der Waals surface area (Å²) in [5, 5.41) is 0. The highest BCUT2D eigenvalue weighted by atomic mass is 14.6. The van der Waals surface area contributed by atoms with Crippen LogP contribution in [0.5, 0.6) is 0 Å². The van der Waals surface area contributed by atoms with E-state index in [1.54, 1.807) is 0 Å². The van der Waals surface area contributed by atoms with Crippen molar-refractivity contribution in [1.29, 1.82) is 0 Å². The molecule has 194 valence electrons. The van der Waals surface area contributed by atoms with Crippen LogP contribution in [0.1, 0.15) is 103 Å². The lowest BCUT2D eigenvalue weighted by Crippen LogP contribution is -2.46. The summed E-state index contributed by atoms with van der Waals surface area (Å²) in [5.41, 5.74) is 9.49. The predicted molar refractivity (Wildman–Crippen MR) is 151 cm³/mol. The largest absolute Gasteiger partial charge is 0.327 e. The van der Waals surface area contributed by atoms with Gasteiger partial charge < -0.3 is 5.73 Å². The molecule has 5 rings (SSSR count). The fourth-order valence-corrected chi connectivity index (χ4v) is 9.86. The van der Waals surface area contributed by atoms with Gasteiger partial charge in [0.25, 0.3) is 0 Å². The van der Waals surface area contributed by atoms with Gasteiger partial charge in [-0.25, -0.2) is 0 Å². The zero-order valence-corrected chi connectivity index (χ0v) is 22.7. The minimum atomic E-state index is 0.709. The molecule has 0 aromatic rings. The van der Waals surface area contributed by atoms with Gasteiger partial charge in [0.1, 0.15) is 0 Å². The van der Waals surface area contributed by atoms with Crippen LogP contribution in [0.3, 0.4) is 0 Å². The fraction of sp³-hybridized carbons (Fsp3) is 0.765. The van der Waals surface area contributed by atoms with Gasteiger partial charge in [-0.2, -0.15) is 0 Å². The van der Waals surface area contributed by atoms with E-state index in [4.69, 9.17) is 5.73 Å². The number of hydrogen-bond donors (Lipinski definition) is 1. The number of hydrogen-bond acceptors (Lipinski definition) is 1. The second kappa shape index (κ2) is 12.0.